The van der Waals surface area contributed by atoms with Crippen LogP contribution in [0.4, 0.5) is 13.2 Å². The predicted molar refractivity (Wildman–Crippen MR) is 80.1 cm³/mol. The summed E-state index contributed by atoms with van der Waals surface area (Å²) < 4.78 is 39.5. The van der Waals surface area contributed by atoms with Crippen LogP contribution in [-0.4, -0.2) is 0 Å². The van der Waals surface area contributed by atoms with Crippen molar-refractivity contribution in [1.29, 1.82) is 0 Å². The Balaban J connectivity index is 2.10. The zero-order valence-corrected chi connectivity index (χ0v) is 11.6. The molecule has 0 amide bonds. The van der Waals surface area contributed by atoms with Crippen molar-refractivity contribution in [1.82, 2.24) is 0 Å². The van der Waals surface area contributed by atoms with Crippen molar-refractivity contribution in [2.75, 3.05) is 0 Å². The lowest BCUT2D eigenvalue weighted by Crippen LogP contribution is -2.03. The van der Waals surface area contributed by atoms with E-state index in [-0.39, 0.29) is 23.4 Å². The molecule has 3 aromatic rings. The van der Waals surface area contributed by atoms with E-state index in [1.54, 1.807) is 36.4 Å². The van der Waals surface area contributed by atoms with E-state index in [9.17, 15) is 13.2 Å². The third-order valence-electron chi connectivity index (χ3n) is 3.61. The molecule has 0 fully saturated rings. The molecular weight excluding hydrogens is 285 g/mol. The normalized spacial score (nSPS) is 10.9. The maximum absolute atomic E-state index is 13.2. The molecule has 0 saturated heterocycles. The molecule has 3 heteroatoms. The van der Waals surface area contributed by atoms with Crippen LogP contribution >= 0.6 is 0 Å². The molecule has 0 N–H and O–H groups in total. The number of benzene rings is 3. The lowest BCUT2D eigenvalue weighted by molar-refractivity contribution is 0.625. The van der Waals surface area contributed by atoms with Crippen LogP contribution < -0.4 is 0 Å². The minimum Gasteiger partial charge on any atom is -0.207 e. The topological polar surface area (TPSA) is 0 Å². The van der Waals surface area contributed by atoms with E-state index in [0.717, 1.165) is 16.7 Å². The van der Waals surface area contributed by atoms with Gasteiger partial charge < -0.3 is 0 Å². The number of hydrogen-bond donors (Lipinski definition) is 0. The van der Waals surface area contributed by atoms with Crippen LogP contribution in [0.1, 0.15) is 22.6 Å². The first-order valence-electron chi connectivity index (χ1n) is 6.90. The zero-order chi connectivity index (χ0) is 15.5. The van der Waals surface area contributed by atoms with Crippen LogP contribution in [0.3, 0.4) is 0 Å². The SMILES string of the molecule is Fc1ccc(C(c2ccc(F)cc2)c2ccc(F)cc2)cc1. The summed E-state index contributed by atoms with van der Waals surface area (Å²) >= 11 is 0. The van der Waals surface area contributed by atoms with Gasteiger partial charge in [0.25, 0.3) is 0 Å². The van der Waals surface area contributed by atoms with Gasteiger partial charge in [0.15, 0.2) is 0 Å². The molecule has 0 heterocycles. The average Bonchev–Trinajstić information content (AvgIpc) is 2.53. The largest absolute Gasteiger partial charge is 0.207 e. The Hall–Kier alpha value is -2.55. The van der Waals surface area contributed by atoms with Crippen LogP contribution in [0.5, 0.6) is 0 Å². The van der Waals surface area contributed by atoms with Gasteiger partial charge in [-0.2, -0.15) is 0 Å². The molecule has 3 rings (SSSR count). The van der Waals surface area contributed by atoms with Crippen LogP contribution in [0.25, 0.3) is 0 Å². The van der Waals surface area contributed by atoms with E-state index < -0.39 is 0 Å². The van der Waals surface area contributed by atoms with E-state index in [0.29, 0.717) is 0 Å². The highest BCUT2D eigenvalue weighted by molar-refractivity contribution is 5.43. The van der Waals surface area contributed by atoms with Gasteiger partial charge in [0, 0.05) is 5.92 Å². The van der Waals surface area contributed by atoms with Gasteiger partial charge in [0.05, 0.1) is 0 Å². The first-order valence-corrected chi connectivity index (χ1v) is 6.90. The van der Waals surface area contributed by atoms with Crippen LogP contribution in [0, 0.1) is 17.5 Å². The summed E-state index contributed by atoms with van der Waals surface area (Å²) in [5.41, 5.74) is 2.58. The Labute approximate surface area is 126 Å². The summed E-state index contributed by atoms with van der Waals surface area (Å²) in [5.74, 6) is -1.16. The molecule has 0 spiro atoms. The molecular formula is C19H13F3. The van der Waals surface area contributed by atoms with Crippen molar-refractivity contribution in [2.24, 2.45) is 0 Å². The molecule has 0 bridgehead atoms. The molecule has 0 unspecified atom stereocenters. The molecule has 0 nitrogen and oxygen atoms in total. The molecule has 0 aliphatic rings. The van der Waals surface area contributed by atoms with Gasteiger partial charge in [-0.15, -0.1) is 0 Å². The van der Waals surface area contributed by atoms with Crippen molar-refractivity contribution in [3.8, 4) is 0 Å². The van der Waals surface area contributed by atoms with Gasteiger partial charge in [-0.25, -0.2) is 13.2 Å². The predicted octanol–water partition coefficient (Wildman–Crippen LogP) is 5.28. The summed E-state index contributed by atoms with van der Waals surface area (Å²) in [6.45, 7) is 0. The summed E-state index contributed by atoms with van der Waals surface area (Å²) in [7, 11) is 0. The average molecular weight is 298 g/mol. The molecule has 110 valence electrons. The second-order valence-electron chi connectivity index (χ2n) is 5.09. The van der Waals surface area contributed by atoms with Crippen LogP contribution in [0.15, 0.2) is 72.8 Å². The standard InChI is InChI=1S/C19H13F3/c20-16-7-1-13(2-8-16)19(14-3-9-17(21)10-4-14)15-5-11-18(22)12-6-15/h1-12,19H. The van der Waals surface area contributed by atoms with Crippen molar-refractivity contribution in [3.05, 3.63) is 107 Å². The Kier molecular flexibility index (Phi) is 3.96. The Morgan fingerprint density at radius 3 is 0.864 bits per heavy atom. The molecule has 3 aromatic carbocycles. The minimum atomic E-state index is -0.319. The van der Waals surface area contributed by atoms with E-state index in [1.807, 2.05) is 0 Å². The fourth-order valence-corrected chi connectivity index (χ4v) is 2.54. The van der Waals surface area contributed by atoms with Gasteiger partial charge in [-0.3, -0.25) is 0 Å². The first kappa shape index (κ1) is 14.4. The molecule has 0 aromatic heterocycles. The highest BCUT2D eigenvalue weighted by Crippen LogP contribution is 2.32. The van der Waals surface area contributed by atoms with Gasteiger partial charge in [-0.05, 0) is 53.1 Å². The van der Waals surface area contributed by atoms with Crippen LogP contribution in [0.2, 0.25) is 0 Å². The third-order valence-corrected chi connectivity index (χ3v) is 3.61. The fraction of sp³-hybridized carbons (Fsp3) is 0.0526. The fourth-order valence-electron chi connectivity index (χ4n) is 2.54. The Bertz CT molecular complexity index is 636. The molecule has 0 aliphatic heterocycles. The smallest absolute Gasteiger partial charge is 0.123 e. The van der Waals surface area contributed by atoms with E-state index in [4.69, 9.17) is 0 Å². The highest BCUT2D eigenvalue weighted by atomic mass is 19.1. The minimum absolute atomic E-state index is 0.207. The molecule has 0 atom stereocenters. The quantitative estimate of drug-likeness (QED) is 0.577. The lowest BCUT2D eigenvalue weighted by Gasteiger charge is -2.19. The van der Waals surface area contributed by atoms with E-state index in [1.165, 1.54) is 36.4 Å². The van der Waals surface area contributed by atoms with Gasteiger partial charge >= 0.3 is 0 Å². The Morgan fingerprint density at radius 2 is 0.636 bits per heavy atom. The van der Waals surface area contributed by atoms with Gasteiger partial charge in [-0.1, -0.05) is 36.4 Å². The van der Waals surface area contributed by atoms with Crippen molar-refractivity contribution in [2.45, 2.75) is 5.92 Å². The maximum Gasteiger partial charge on any atom is 0.123 e. The van der Waals surface area contributed by atoms with Gasteiger partial charge in [0.2, 0.25) is 0 Å². The second kappa shape index (κ2) is 6.06. The Morgan fingerprint density at radius 1 is 0.409 bits per heavy atom. The lowest BCUT2D eigenvalue weighted by atomic mass is 9.85. The molecule has 22 heavy (non-hydrogen) atoms. The number of rotatable bonds is 3. The number of halogens is 3. The third kappa shape index (κ3) is 3.03. The maximum atomic E-state index is 13.2. The second-order valence-corrected chi connectivity index (χ2v) is 5.09. The van der Waals surface area contributed by atoms with Crippen molar-refractivity contribution in [3.63, 3.8) is 0 Å². The molecule has 0 aliphatic carbocycles. The van der Waals surface area contributed by atoms with Crippen LogP contribution in [-0.2, 0) is 0 Å². The van der Waals surface area contributed by atoms with E-state index in [2.05, 4.69) is 0 Å². The zero-order valence-electron chi connectivity index (χ0n) is 11.6. The number of hydrogen-bond acceptors (Lipinski definition) is 0. The van der Waals surface area contributed by atoms with E-state index >= 15 is 0 Å². The summed E-state index contributed by atoms with van der Waals surface area (Å²) in [6.07, 6.45) is 0. The van der Waals surface area contributed by atoms with Crippen molar-refractivity contribution < 1.29 is 13.2 Å². The monoisotopic (exact) mass is 298 g/mol. The summed E-state index contributed by atoms with van der Waals surface area (Å²) in [4.78, 5) is 0. The van der Waals surface area contributed by atoms with Gasteiger partial charge in [0.1, 0.15) is 17.5 Å². The first-order chi connectivity index (χ1) is 10.6. The van der Waals surface area contributed by atoms with Crippen molar-refractivity contribution >= 4 is 0 Å². The summed E-state index contributed by atoms with van der Waals surface area (Å²) in [6, 6.07) is 18.4. The highest BCUT2D eigenvalue weighted by Gasteiger charge is 2.17. The summed E-state index contributed by atoms with van der Waals surface area (Å²) in [5, 5.41) is 0. The molecule has 0 saturated carbocycles. The molecule has 0 radical (unpaired) electrons.